The van der Waals surface area contributed by atoms with Crippen LogP contribution >= 0.6 is 0 Å². The van der Waals surface area contributed by atoms with Gasteiger partial charge in [0.15, 0.2) is 0 Å². The summed E-state index contributed by atoms with van der Waals surface area (Å²) in [5.41, 5.74) is 7.61. The average molecular weight is 528 g/mol. The number of rotatable bonds is 2. The summed E-state index contributed by atoms with van der Waals surface area (Å²) in [6.45, 7) is 25.8. The van der Waals surface area contributed by atoms with E-state index in [0.717, 1.165) is 44.5 Å². The lowest BCUT2D eigenvalue weighted by molar-refractivity contribution is 0.445. The number of aromatic hydroxyl groups is 2. The van der Waals surface area contributed by atoms with Crippen molar-refractivity contribution in [3.63, 3.8) is 0 Å². The fourth-order valence-corrected chi connectivity index (χ4v) is 5.09. The highest BCUT2D eigenvalue weighted by Gasteiger charge is 2.30. The molecular weight excluding hydrogens is 482 g/mol. The first-order valence-corrected chi connectivity index (χ1v) is 13.8. The maximum atomic E-state index is 11.9. The molecule has 0 bridgehead atoms. The number of fused-ring (bicyclic) bond motifs is 1. The number of aromatic nitrogens is 3. The maximum absolute atomic E-state index is 11.9. The van der Waals surface area contributed by atoms with Crippen LogP contribution in [0.3, 0.4) is 0 Å². The second kappa shape index (κ2) is 9.11. The van der Waals surface area contributed by atoms with E-state index in [1.165, 1.54) is 0 Å². The van der Waals surface area contributed by atoms with Gasteiger partial charge in [-0.3, -0.25) is 5.10 Å². The molecule has 0 aliphatic rings. The van der Waals surface area contributed by atoms with Crippen molar-refractivity contribution in [3.05, 3.63) is 58.7 Å². The van der Waals surface area contributed by atoms with Crippen LogP contribution in [0.15, 0.2) is 36.4 Å². The lowest BCUT2D eigenvalue weighted by Crippen LogP contribution is -2.17. The Labute approximate surface area is 233 Å². The zero-order chi connectivity index (χ0) is 29.3. The van der Waals surface area contributed by atoms with E-state index in [1.807, 2.05) is 12.1 Å². The van der Waals surface area contributed by atoms with E-state index >= 15 is 0 Å². The summed E-state index contributed by atoms with van der Waals surface area (Å²) in [5.74, 6) is 0.483. The van der Waals surface area contributed by atoms with Crippen LogP contribution in [0.25, 0.3) is 33.3 Å². The van der Waals surface area contributed by atoms with E-state index in [-0.39, 0.29) is 33.2 Å². The lowest BCUT2D eigenvalue weighted by Gasteiger charge is -2.29. The van der Waals surface area contributed by atoms with E-state index in [2.05, 4.69) is 123 Å². The van der Waals surface area contributed by atoms with Crippen LogP contribution in [0.2, 0.25) is 0 Å². The normalized spacial score (nSPS) is 13.3. The number of phenolic OH excluding ortho intramolecular Hbond substituents is 2. The fourth-order valence-electron chi connectivity index (χ4n) is 5.09. The zero-order valence-corrected chi connectivity index (χ0v) is 25.8. The van der Waals surface area contributed by atoms with Crippen LogP contribution in [-0.4, -0.2) is 25.6 Å². The van der Waals surface area contributed by atoms with Gasteiger partial charge in [-0.15, -0.1) is 5.10 Å². The average Bonchev–Trinajstić information content (AvgIpc) is 3.25. The molecule has 5 heteroatoms. The number of hydrogen-bond donors (Lipinski definition) is 3. The third kappa shape index (κ3) is 5.28. The predicted octanol–water partition coefficient (Wildman–Crippen LogP) is 8.89. The van der Waals surface area contributed by atoms with Gasteiger partial charge >= 0.3 is 0 Å². The summed E-state index contributed by atoms with van der Waals surface area (Å²) in [6.07, 6.45) is 0. The van der Waals surface area contributed by atoms with Crippen molar-refractivity contribution in [2.45, 2.75) is 105 Å². The Morgan fingerprint density at radius 1 is 0.564 bits per heavy atom. The van der Waals surface area contributed by atoms with Gasteiger partial charge in [-0.1, -0.05) is 106 Å². The zero-order valence-electron chi connectivity index (χ0n) is 25.8. The molecule has 0 saturated heterocycles. The maximum Gasteiger partial charge on any atom is 0.127 e. The van der Waals surface area contributed by atoms with Gasteiger partial charge in [0.05, 0.1) is 5.52 Å². The molecule has 0 aliphatic heterocycles. The van der Waals surface area contributed by atoms with Crippen molar-refractivity contribution in [2.24, 2.45) is 0 Å². The monoisotopic (exact) mass is 527 g/mol. The molecule has 5 nitrogen and oxygen atoms in total. The molecule has 0 atom stereocenters. The first kappa shape index (κ1) is 28.7. The first-order valence-electron chi connectivity index (χ1n) is 13.8. The van der Waals surface area contributed by atoms with Crippen LogP contribution in [0.5, 0.6) is 11.5 Å². The van der Waals surface area contributed by atoms with Crippen LogP contribution in [-0.2, 0) is 21.7 Å². The SMILES string of the molecule is CC(C)(C)c1cc(-c2ccc3[nH]nnc3c2-c2cc(C(C)(C)C)cc(C(C)(C)C)c2O)c(O)c(C(C)(C)C)c1. The Bertz CT molecular complexity index is 1550. The van der Waals surface area contributed by atoms with Gasteiger partial charge < -0.3 is 10.2 Å². The summed E-state index contributed by atoms with van der Waals surface area (Å²) in [4.78, 5) is 0. The van der Waals surface area contributed by atoms with Gasteiger partial charge in [-0.05, 0) is 56.5 Å². The highest BCUT2D eigenvalue weighted by Crippen LogP contribution is 2.50. The van der Waals surface area contributed by atoms with Gasteiger partial charge in [0.25, 0.3) is 0 Å². The second-order valence-corrected chi connectivity index (χ2v) is 15.0. The second-order valence-electron chi connectivity index (χ2n) is 15.0. The van der Waals surface area contributed by atoms with Gasteiger partial charge in [-0.2, -0.15) is 0 Å². The molecule has 208 valence electrons. The summed E-state index contributed by atoms with van der Waals surface area (Å²) in [6, 6.07) is 12.4. The molecule has 1 heterocycles. The van der Waals surface area contributed by atoms with Crippen molar-refractivity contribution < 1.29 is 10.2 Å². The van der Waals surface area contributed by atoms with Crippen molar-refractivity contribution in [2.75, 3.05) is 0 Å². The lowest BCUT2D eigenvalue weighted by atomic mass is 9.76. The molecule has 0 unspecified atom stereocenters. The Morgan fingerprint density at radius 3 is 1.49 bits per heavy atom. The Kier molecular flexibility index (Phi) is 6.69. The fraction of sp³-hybridized carbons (Fsp3) is 0.471. The van der Waals surface area contributed by atoms with Crippen molar-refractivity contribution in [1.29, 1.82) is 0 Å². The summed E-state index contributed by atoms with van der Waals surface area (Å²) < 4.78 is 0. The van der Waals surface area contributed by atoms with Crippen LogP contribution < -0.4 is 0 Å². The van der Waals surface area contributed by atoms with E-state index in [4.69, 9.17) is 0 Å². The minimum atomic E-state index is -0.286. The molecule has 3 N–H and O–H groups in total. The number of nitrogens with zero attached hydrogens (tertiary/aromatic N) is 2. The van der Waals surface area contributed by atoms with Gasteiger partial charge in [0.2, 0.25) is 0 Å². The highest BCUT2D eigenvalue weighted by molar-refractivity contribution is 6.03. The van der Waals surface area contributed by atoms with Crippen LogP contribution in [0, 0.1) is 0 Å². The Hall–Kier alpha value is -3.34. The molecule has 4 rings (SSSR count). The van der Waals surface area contributed by atoms with Gasteiger partial charge in [0, 0.05) is 27.8 Å². The molecule has 0 saturated carbocycles. The molecule has 0 spiro atoms. The number of H-pyrrole nitrogens is 1. The van der Waals surface area contributed by atoms with Crippen LogP contribution in [0.4, 0.5) is 0 Å². The number of hydrogen-bond acceptors (Lipinski definition) is 4. The summed E-state index contributed by atoms with van der Waals surface area (Å²) in [5, 5.41) is 35.2. The Balaban J connectivity index is 2.21. The molecule has 1 aromatic heterocycles. The predicted molar refractivity (Wildman–Crippen MR) is 163 cm³/mol. The summed E-state index contributed by atoms with van der Waals surface area (Å²) in [7, 11) is 0. The molecule has 0 fully saturated rings. The van der Waals surface area contributed by atoms with E-state index in [9.17, 15) is 10.2 Å². The van der Waals surface area contributed by atoms with Gasteiger partial charge in [0.1, 0.15) is 17.0 Å². The largest absolute Gasteiger partial charge is 0.507 e. The molecule has 4 aromatic rings. The van der Waals surface area contributed by atoms with E-state index in [0.29, 0.717) is 11.1 Å². The first-order chi connectivity index (χ1) is 17.7. The van der Waals surface area contributed by atoms with Gasteiger partial charge in [-0.25, -0.2) is 0 Å². The topological polar surface area (TPSA) is 82.0 Å². The molecule has 0 radical (unpaired) electrons. The van der Waals surface area contributed by atoms with E-state index < -0.39 is 0 Å². The molecule has 0 aliphatic carbocycles. The Morgan fingerprint density at radius 2 is 1.03 bits per heavy atom. The number of nitrogens with one attached hydrogen (secondary N) is 1. The number of phenols is 2. The van der Waals surface area contributed by atoms with Crippen molar-refractivity contribution in [1.82, 2.24) is 15.4 Å². The number of aromatic amines is 1. The molecular formula is C34H45N3O2. The minimum absolute atomic E-state index is 0.131. The smallest absolute Gasteiger partial charge is 0.127 e. The van der Waals surface area contributed by atoms with Crippen LogP contribution in [0.1, 0.15) is 105 Å². The molecule has 3 aromatic carbocycles. The summed E-state index contributed by atoms with van der Waals surface area (Å²) >= 11 is 0. The molecule has 39 heavy (non-hydrogen) atoms. The standard InChI is InChI=1S/C34H45N3O2/c1-31(2,3)19-15-22(29(38)24(17-19)33(7,8)9)21-13-14-26-28(36-37-35-26)27(21)23-16-20(32(4,5)6)18-25(30(23)39)34(10,11)12/h13-18,38-39H,1-12H3,(H,35,36,37). The minimum Gasteiger partial charge on any atom is -0.507 e. The van der Waals surface area contributed by atoms with Crippen molar-refractivity contribution >= 4 is 11.0 Å². The highest BCUT2D eigenvalue weighted by atomic mass is 16.3. The van der Waals surface area contributed by atoms with E-state index in [1.54, 1.807) is 0 Å². The number of benzene rings is 3. The molecule has 0 amide bonds. The quantitative estimate of drug-likeness (QED) is 0.243. The van der Waals surface area contributed by atoms with Crippen molar-refractivity contribution in [3.8, 4) is 33.8 Å². The third-order valence-corrected chi connectivity index (χ3v) is 7.63. The third-order valence-electron chi connectivity index (χ3n) is 7.63.